The number of esters is 1. The summed E-state index contributed by atoms with van der Waals surface area (Å²) in [5, 5.41) is 6.65. The molecular weight excluding hydrogens is 348 g/mol. The molecule has 0 N–H and O–H groups in total. The summed E-state index contributed by atoms with van der Waals surface area (Å²) in [5.74, 6) is 0.274. The highest BCUT2D eigenvalue weighted by Gasteiger charge is 2.17. The number of hydrogen-bond donors (Lipinski definition) is 0. The van der Waals surface area contributed by atoms with Crippen LogP contribution >= 0.6 is 11.3 Å². The van der Waals surface area contributed by atoms with Crippen molar-refractivity contribution in [2.45, 2.75) is 20.5 Å². The molecule has 0 fully saturated rings. The van der Waals surface area contributed by atoms with E-state index in [-0.39, 0.29) is 12.6 Å². The van der Waals surface area contributed by atoms with E-state index in [0.717, 1.165) is 32.7 Å². The number of ether oxygens (including phenoxy) is 1. The molecule has 0 aliphatic rings. The molecule has 3 aromatic heterocycles. The average molecular weight is 364 g/mol. The highest BCUT2D eigenvalue weighted by Crippen LogP contribution is 2.28. The minimum absolute atomic E-state index is 0.130. The number of pyridine rings is 1. The molecule has 3 heterocycles. The Kier molecular flexibility index (Phi) is 4.26. The molecule has 4 rings (SSSR count). The summed E-state index contributed by atoms with van der Waals surface area (Å²) in [7, 11) is 0. The van der Waals surface area contributed by atoms with Gasteiger partial charge in [0.15, 0.2) is 0 Å². The molecule has 130 valence electrons. The molecule has 0 saturated heterocycles. The number of aryl methyl sites for hydroxylation is 2. The average Bonchev–Trinajstić information content (AvgIpc) is 3.30. The molecule has 6 heteroatoms. The van der Waals surface area contributed by atoms with Crippen molar-refractivity contribution >= 4 is 28.2 Å². The second-order valence-electron chi connectivity index (χ2n) is 5.93. The summed E-state index contributed by atoms with van der Waals surface area (Å²) < 4.78 is 10.7. The number of thiophene rings is 1. The monoisotopic (exact) mass is 364 g/mol. The standard InChI is InChI=1S/C20H16N2O3S/c1-12-16(13(2)25-22-12)11-24-20(23)15-10-18(19-8-5-9-26-19)21-17-7-4-3-6-14(15)17/h3-10H,11H2,1-2H3. The third-order valence-corrected chi connectivity index (χ3v) is 5.13. The maximum atomic E-state index is 12.8. The van der Waals surface area contributed by atoms with Gasteiger partial charge in [0.1, 0.15) is 12.4 Å². The van der Waals surface area contributed by atoms with Crippen molar-refractivity contribution in [2.75, 3.05) is 0 Å². The molecule has 0 bridgehead atoms. The second kappa shape index (κ2) is 6.72. The molecule has 0 amide bonds. The minimum Gasteiger partial charge on any atom is -0.457 e. The van der Waals surface area contributed by atoms with E-state index < -0.39 is 0 Å². The number of carbonyl (C=O) groups is 1. The number of benzene rings is 1. The van der Waals surface area contributed by atoms with Gasteiger partial charge in [0.05, 0.1) is 32.9 Å². The lowest BCUT2D eigenvalue weighted by atomic mass is 10.1. The fourth-order valence-electron chi connectivity index (χ4n) is 2.82. The van der Waals surface area contributed by atoms with Crippen LogP contribution in [0.3, 0.4) is 0 Å². The lowest BCUT2D eigenvalue weighted by Gasteiger charge is -2.09. The number of aromatic nitrogens is 2. The van der Waals surface area contributed by atoms with Crippen LogP contribution in [0.25, 0.3) is 21.5 Å². The first-order valence-electron chi connectivity index (χ1n) is 8.16. The van der Waals surface area contributed by atoms with E-state index in [1.807, 2.05) is 48.7 Å². The summed E-state index contributed by atoms with van der Waals surface area (Å²) in [4.78, 5) is 18.5. The van der Waals surface area contributed by atoms with E-state index in [1.54, 1.807) is 24.3 Å². The third kappa shape index (κ3) is 2.99. The fourth-order valence-corrected chi connectivity index (χ4v) is 3.50. The highest BCUT2D eigenvalue weighted by atomic mass is 32.1. The maximum absolute atomic E-state index is 12.8. The van der Waals surface area contributed by atoms with Crippen LogP contribution in [-0.4, -0.2) is 16.1 Å². The Morgan fingerprint density at radius 2 is 2.04 bits per heavy atom. The van der Waals surface area contributed by atoms with Gasteiger partial charge in [-0.1, -0.05) is 29.4 Å². The van der Waals surface area contributed by atoms with Crippen molar-refractivity contribution in [3.8, 4) is 10.6 Å². The molecule has 4 aromatic rings. The van der Waals surface area contributed by atoms with Gasteiger partial charge < -0.3 is 9.26 Å². The predicted octanol–water partition coefficient (Wildman–Crippen LogP) is 4.93. The Morgan fingerprint density at radius 1 is 1.19 bits per heavy atom. The Hall–Kier alpha value is -2.99. The molecule has 0 aliphatic heterocycles. The van der Waals surface area contributed by atoms with E-state index in [4.69, 9.17) is 9.26 Å². The first-order chi connectivity index (χ1) is 12.6. The van der Waals surface area contributed by atoms with Crippen LogP contribution in [0.4, 0.5) is 0 Å². The van der Waals surface area contributed by atoms with Crippen LogP contribution < -0.4 is 0 Å². The Labute approximate surface area is 154 Å². The molecule has 0 saturated carbocycles. The van der Waals surface area contributed by atoms with Crippen molar-refractivity contribution in [2.24, 2.45) is 0 Å². The summed E-state index contributed by atoms with van der Waals surface area (Å²) in [6.07, 6.45) is 0. The van der Waals surface area contributed by atoms with E-state index in [2.05, 4.69) is 10.1 Å². The molecule has 5 nitrogen and oxygen atoms in total. The molecule has 0 radical (unpaired) electrons. The quantitative estimate of drug-likeness (QED) is 0.481. The van der Waals surface area contributed by atoms with E-state index in [0.29, 0.717) is 11.3 Å². The normalized spacial score (nSPS) is 11.0. The van der Waals surface area contributed by atoms with Crippen molar-refractivity contribution < 1.29 is 14.1 Å². The van der Waals surface area contributed by atoms with Gasteiger partial charge in [0.25, 0.3) is 0 Å². The van der Waals surface area contributed by atoms with Gasteiger partial charge in [0.2, 0.25) is 0 Å². The number of carbonyl (C=O) groups excluding carboxylic acids is 1. The fraction of sp³-hybridized carbons (Fsp3) is 0.150. The maximum Gasteiger partial charge on any atom is 0.339 e. The van der Waals surface area contributed by atoms with Gasteiger partial charge in [-0.2, -0.15) is 0 Å². The van der Waals surface area contributed by atoms with Gasteiger partial charge >= 0.3 is 5.97 Å². The zero-order valence-corrected chi connectivity index (χ0v) is 15.2. The van der Waals surface area contributed by atoms with E-state index >= 15 is 0 Å². The topological polar surface area (TPSA) is 65.2 Å². The zero-order chi connectivity index (χ0) is 18.1. The summed E-state index contributed by atoms with van der Waals surface area (Å²) in [6, 6.07) is 13.3. The van der Waals surface area contributed by atoms with Crippen molar-refractivity contribution in [3.63, 3.8) is 0 Å². The first-order valence-corrected chi connectivity index (χ1v) is 9.04. The van der Waals surface area contributed by atoms with Gasteiger partial charge in [-0.25, -0.2) is 9.78 Å². The van der Waals surface area contributed by atoms with Crippen LogP contribution in [0, 0.1) is 13.8 Å². The van der Waals surface area contributed by atoms with Crippen molar-refractivity contribution in [1.82, 2.24) is 10.1 Å². The lowest BCUT2D eigenvalue weighted by Crippen LogP contribution is -2.08. The Morgan fingerprint density at radius 3 is 2.77 bits per heavy atom. The van der Waals surface area contributed by atoms with Crippen LogP contribution in [0.5, 0.6) is 0 Å². The summed E-state index contributed by atoms with van der Waals surface area (Å²) >= 11 is 1.59. The van der Waals surface area contributed by atoms with Crippen LogP contribution in [-0.2, 0) is 11.3 Å². The van der Waals surface area contributed by atoms with E-state index in [1.165, 1.54) is 0 Å². The Bertz CT molecular complexity index is 1060. The first kappa shape index (κ1) is 16.5. The third-order valence-electron chi connectivity index (χ3n) is 4.24. The number of para-hydroxylation sites is 1. The van der Waals surface area contributed by atoms with Gasteiger partial charge in [-0.3, -0.25) is 0 Å². The Balaban J connectivity index is 1.71. The molecule has 1 aromatic carbocycles. The molecule has 0 unspecified atom stereocenters. The number of nitrogens with zero attached hydrogens (tertiary/aromatic N) is 2. The lowest BCUT2D eigenvalue weighted by molar-refractivity contribution is 0.0473. The summed E-state index contributed by atoms with van der Waals surface area (Å²) in [6.45, 7) is 3.77. The number of rotatable bonds is 4. The molecular formula is C20H16N2O3S. The van der Waals surface area contributed by atoms with Gasteiger partial charge in [0, 0.05) is 5.39 Å². The second-order valence-corrected chi connectivity index (χ2v) is 6.88. The van der Waals surface area contributed by atoms with Crippen LogP contribution in [0.15, 0.2) is 52.4 Å². The van der Waals surface area contributed by atoms with Crippen LogP contribution in [0.2, 0.25) is 0 Å². The van der Waals surface area contributed by atoms with Gasteiger partial charge in [-0.15, -0.1) is 11.3 Å². The molecule has 0 atom stereocenters. The zero-order valence-electron chi connectivity index (χ0n) is 14.4. The number of fused-ring (bicyclic) bond motifs is 1. The van der Waals surface area contributed by atoms with Crippen molar-refractivity contribution in [3.05, 3.63) is 70.4 Å². The minimum atomic E-state index is -0.388. The molecule has 0 spiro atoms. The summed E-state index contributed by atoms with van der Waals surface area (Å²) in [5.41, 5.74) is 3.57. The highest BCUT2D eigenvalue weighted by molar-refractivity contribution is 7.13. The SMILES string of the molecule is Cc1noc(C)c1COC(=O)c1cc(-c2cccs2)nc2ccccc12. The van der Waals surface area contributed by atoms with Gasteiger partial charge in [-0.05, 0) is 37.4 Å². The molecule has 0 aliphatic carbocycles. The van der Waals surface area contributed by atoms with E-state index in [9.17, 15) is 4.79 Å². The predicted molar refractivity (Wildman–Crippen MR) is 100 cm³/mol. The smallest absolute Gasteiger partial charge is 0.339 e. The molecule has 26 heavy (non-hydrogen) atoms. The largest absolute Gasteiger partial charge is 0.457 e. The van der Waals surface area contributed by atoms with Crippen LogP contribution in [0.1, 0.15) is 27.4 Å². The van der Waals surface area contributed by atoms with Crippen molar-refractivity contribution in [1.29, 1.82) is 0 Å². The number of hydrogen-bond acceptors (Lipinski definition) is 6.